The van der Waals surface area contributed by atoms with Gasteiger partial charge in [-0.25, -0.2) is 0 Å². The number of rotatable bonds is 9. The van der Waals surface area contributed by atoms with Crippen molar-refractivity contribution in [3.63, 3.8) is 0 Å². The van der Waals surface area contributed by atoms with Gasteiger partial charge in [-0.05, 0) is 53.2 Å². The van der Waals surface area contributed by atoms with Gasteiger partial charge in [0.15, 0.2) is 0 Å². The maximum Gasteiger partial charge on any atom is 0.220 e. The van der Waals surface area contributed by atoms with E-state index in [-0.39, 0.29) is 11.4 Å². The minimum atomic E-state index is -0.00290. The number of nitrogens with one attached hydrogen (secondary N) is 1. The normalized spacial score (nSPS) is 13.7. The Kier molecular flexibility index (Phi) is 8.20. The molecule has 4 heteroatoms. The number of carbonyl (C=O) groups is 1. The average molecular weight is 257 g/mol. The Balaban J connectivity index is 3.91. The lowest BCUT2D eigenvalue weighted by molar-refractivity contribution is -0.121. The summed E-state index contributed by atoms with van der Waals surface area (Å²) < 4.78 is 0. The highest BCUT2D eigenvalue weighted by atomic mass is 16.1. The lowest BCUT2D eigenvalue weighted by Gasteiger charge is -2.32. The van der Waals surface area contributed by atoms with Crippen LogP contribution in [0.1, 0.15) is 46.5 Å². The summed E-state index contributed by atoms with van der Waals surface area (Å²) in [5.74, 6) is 0.739. The van der Waals surface area contributed by atoms with E-state index in [0.717, 1.165) is 19.3 Å². The Morgan fingerprint density at radius 1 is 1.33 bits per heavy atom. The second-order valence-corrected chi connectivity index (χ2v) is 5.87. The van der Waals surface area contributed by atoms with Crippen molar-refractivity contribution in [3.8, 4) is 0 Å². The first kappa shape index (κ1) is 17.4. The summed E-state index contributed by atoms with van der Waals surface area (Å²) >= 11 is 0. The van der Waals surface area contributed by atoms with E-state index in [4.69, 9.17) is 5.73 Å². The number of amides is 1. The minimum absolute atomic E-state index is 0.00290. The van der Waals surface area contributed by atoms with Crippen molar-refractivity contribution in [1.82, 2.24) is 10.2 Å². The van der Waals surface area contributed by atoms with Crippen molar-refractivity contribution < 1.29 is 4.79 Å². The maximum absolute atomic E-state index is 11.8. The smallest absolute Gasteiger partial charge is 0.220 e. The first-order valence-electron chi connectivity index (χ1n) is 6.97. The second kappa shape index (κ2) is 8.48. The molecule has 4 nitrogen and oxygen atoms in total. The quantitative estimate of drug-likeness (QED) is 0.659. The average Bonchev–Trinajstić information content (AvgIpc) is 2.31. The lowest BCUT2D eigenvalue weighted by Crippen LogP contribution is -2.48. The van der Waals surface area contributed by atoms with Crippen LogP contribution in [0.25, 0.3) is 0 Å². The minimum Gasteiger partial charge on any atom is -0.354 e. The maximum atomic E-state index is 11.8. The van der Waals surface area contributed by atoms with E-state index in [1.807, 2.05) is 14.1 Å². The molecule has 0 bridgehead atoms. The summed E-state index contributed by atoms with van der Waals surface area (Å²) in [5.41, 5.74) is 5.55. The molecule has 0 rings (SSSR count). The van der Waals surface area contributed by atoms with Gasteiger partial charge in [-0.15, -0.1) is 0 Å². The van der Waals surface area contributed by atoms with Gasteiger partial charge in [0.25, 0.3) is 0 Å². The van der Waals surface area contributed by atoms with Gasteiger partial charge in [-0.2, -0.15) is 0 Å². The molecule has 0 aromatic carbocycles. The van der Waals surface area contributed by atoms with E-state index in [1.54, 1.807) is 0 Å². The zero-order valence-electron chi connectivity index (χ0n) is 12.8. The Morgan fingerprint density at radius 3 is 2.39 bits per heavy atom. The van der Waals surface area contributed by atoms with Gasteiger partial charge in [0.1, 0.15) is 0 Å². The predicted octanol–water partition coefficient (Wildman–Crippen LogP) is 1.60. The Morgan fingerprint density at radius 2 is 1.94 bits per heavy atom. The predicted molar refractivity (Wildman–Crippen MR) is 77.5 cm³/mol. The summed E-state index contributed by atoms with van der Waals surface area (Å²) in [6.07, 6.45) is 3.69. The molecule has 0 radical (unpaired) electrons. The summed E-state index contributed by atoms with van der Waals surface area (Å²) in [7, 11) is 4.06. The third kappa shape index (κ3) is 6.97. The largest absolute Gasteiger partial charge is 0.354 e. The molecule has 0 heterocycles. The number of hydrogen-bond acceptors (Lipinski definition) is 3. The van der Waals surface area contributed by atoms with Crippen molar-refractivity contribution in [2.75, 3.05) is 27.2 Å². The van der Waals surface area contributed by atoms with Crippen LogP contribution in [0.4, 0.5) is 0 Å². The fraction of sp³-hybridized carbons (Fsp3) is 0.929. The number of hydrogen-bond donors (Lipinski definition) is 2. The summed E-state index contributed by atoms with van der Waals surface area (Å²) in [4.78, 5) is 13.9. The van der Waals surface area contributed by atoms with Gasteiger partial charge in [0.2, 0.25) is 5.91 Å². The monoisotopic (exact) mass is 257 g/mol. The molecular formula is C14H31N3O. The summed E-state index contributed by atoms with van der Waals surface area (Å²) in [6, 6.07) is 0. The Labute approximate surface area is 112 Å². The fourth-order valence-corrected chi connectivity index (χ4v) is 1.68. The first-order valence-corrected chi connectivity index (χ1v) is 6.97. The number of nitrogens with zero attached hydrogens (tertiary/aromatic N) is 1. The highest BCUT2D eigenvalue weighted by Gasteiger charge is 2.21. The molecule has 108 valence electrons. The van der Waals surface area contributed by atoms with E-state index in [9.17, 15) is 4.79 Å². The number of likely N-dealkylation sites (N-methyl/N-ethyl adjacent to an activating group) is 1. The van der Waals surface area contributed by atoms with Crippen LogP contribution >= 0.6 is 0 Å². The van der Waals surface area contributed by atoms with Gasteiger partial charge in [0, 0.05) is 18.5 Å². The van der Waals surface area contributed by atoms with Crippen LogP contribution in [0.5, 0.6) is 0 Å². The van der Waals surface area contributed by atoms with Crippen LogP contribution in [0.3, 0.4) is 0 Å². The summed E-state index contributed by atoms with van der Waals surface area (Å²) in [6.45, 7) is 7.81. The molecule has 0 aromatic heterocycles. The Hall–Kier alpha value is -0.610. The zero-order chi connectivity index (χ0) is 14.2. The molecule has 18 heavy (non-hydrogen) atoms. The molecule has 0 aromatic rings. The summed E-state index contributed by atoms with van der Waals surface area (Å²) in [5, 5.41) is 3.01. The third-order valence-corrected chi connectivity index (χ3v) is 3.86. The molecule has 0 aliphatic rings. The highest BCUT2D eigenvalue weighted by molar-refractivity contribution is 5.75. The van der Waals surface area contributed by atoms with Crippen molar-refractivity contribution >= 4 is 5.91 Å². The van der Waals surface area contributed by atoms with Crippen molar-refractivity contribution in [2.45, 2.75) is 52.0 Å². The van der Waals surface area contributed by atoms with E-state index >= 15 is 0 Å². The number of nitrogens with two attached hydrogens (primary N) is 1. The van der Waals surface area contributed by atoms with Gasteiger partial charge >= 0.3 is 0 Å². The molecule has 3 N–H and O–H groups in total. The molecular weight excluding hydrogens is 226 g/mol. The van der Waals surface area contributed by atoms with E-state index in [1.165, 1.54) is 0 Å². The van der Waals surface area contributed by atoms with E-state index < -0.39 is 0 Å². The Bertz CT molecular complexity index is 239. The second-order valence-electron chi connectivity index (χ2n) is 5.87. The van der Waals surface area contributed by atoms with Crippen LogP contribution < -0.4 is 11.1 Å². The fourth-order valence-electron chi connectivity index (χ4n) is 1.68. The highest BCUT2D eigenvalue weighted by Crippen LogP contribution is 2.14. The van der Waals surface area contributed by atoms with Crippen molar-refractivity contribution in [1.29, 1.82) is 0 Å². The third-order valence-electron chi connectivity index (χ3n) is 3.86. The SMILES string of the molecule is CCC(CCN)CCC(=O)NCC(C)(C)N(C)C. The van der Waals surface area contributed by atoms with Gasteiger partial charge in [0.05, 0.1) is 0 Å². The molecule has 1 atom stereocenters. The molecule has 0 fully saturated rings. The standard InChI is InChI=1S/C14H31N3O/c1-6-12(9-10-15)7-8-13(18)16-11-14(2,3)17(4)5/h12H,6-11,15H2,1-5H3,(H,16,18). The van der Waals surface area contributed by atoms with E-state index in [0.29, 0.717) is 25.4 Å². The molecule has 0 saturated carbocycles. The number of carbonyl (C=O) groups excluding carboxylic acids is 1. The zero-order valence-corrected chi connectivity index (χ0v) is 12.8. The van der Waals surface area contributed by atoms with Crippen molar-refractivity contribution in [3.05, 3.63) is 0 Å². The van der Waals surface area contributed by atoms with Crippen LogP contribution in [-0.4, -0.2) is 43.5 Å². The van der Waals surface area contributed by atoms with Gasteiger partial charge < -0.3 is 16.0 Å². The molecule has 0 aliphatic carbocycles. The van der Waals surface area contributed by atoms with Gasteiger partial charge in [-0.3, -0.25) is 4.79 Å². The molecule has 0 saturated heterocycles. The first-order chi connectivity index (χ1) is 8.33. The van der Waals surface area contributed by atoms with Crippen LogP contribution in [0, 0.1) is 5.92 Å². The van der Waals surface area contributed by atoms with Crippen LogP contribution in [0.15, 0.2) is 0 Å². The lowest BCUT2D eigenvalue weighted by atomic mass is 9.96. The molecule has 1 amide bonds. The van der Waals surface area contributed by atoms with Crippen LogP contribution in [0.2, 0.25) is 0 Å². The molecule has 0 aliphatic heterocycles. The van der Waals surface area contributed by atoms with E-state index in [2.05, 4.69) is 31.0 Å². The molecule has 0 spiro atoms. The van der Waals surface area contributed by atoms with Gasteiger partial charge in [-0.1, -0.05) is 13.3 Å². The molecule has 1 unspecified atom stereocenters. The topological polar surface area (TPSA) is 58.4 Å². The van der Waals surface area contributed by atoms with Crippen LogP contribution in [-0.2, 0) is 4.79 Å². The van der Waals surface area contributed by atoms with Crippen molar-refractivity contribution in [2.24, 2.45) is 11.7 Å².